The molecule has 5 nitrogen and oxygen atoms in total. The van der Waals surface area contributed by atoms with E-state index in [0.717, 1.165) is 5.52 Å². The maximum Gasteiger partial charge on any atom is 0.251 e. The highest BCUT2D eigenvalue weighted by Gasteiger charge is 2.08. The second kappa shape index (κ2) is 2.60. The number of imidazole rings is 1. The molecule has 15 heavy (non-hydrogen) atoms. The van der Waals surface area contributed by atoms with Crippen LogP contribution in [0, 0.1) is 0 Å². The standard InChI is InChI=1S/C10H7N3O2/c14-7-3-5-1-2-6-9(12-4-11-6)8(5)10(15)13-7/h1-4H,(H,11,12)(H2,13,14,15). The molecule has 0 atom stereocenters. The number of pyridine rings is 1. The lowest BCUT2D eigenvalue weighted by Crippen LogP contribution is -2.02. The smallest absolute Gasteiger partial charge is 0.251 e. The van der Waals surface area contributed by atoms with Gasteiger partial charge in [-0.2, -0.15) is 0 Å². The normalized spacial score (nSPS) is 11.2. The van der Waals surface area contributed by atoms with Gasteiger partial charge in [0.05, 0.1) is 17.2 Å². The van der Waals surface area contributed by atoms with Crippen molar-refractivity contribution in [3.63, 3.8) is 0 Å². The van der Waals surface area contributed by atoms with E-state index in [4.69, 9.17) is 0 Å². The highest BCUT2D eigenvalue weighted by atomic mass is 16.3. The molecule has 0 radical (unpaired) electrons. The van der Waals surface area contributed by atoms with Gasteiger partial charge in [0.15, 0.2) is 0 Å². The predicted molar refractivity (Wildman–Crippen MR) is 55.9 cm³/mol. The molecule has 0 bridgehead atoms. The molecule has 2 aromatic heterocycles. The monoisotopic (exact) mass is 201 g/mol. The van der Waals surface area contributed by atoms with Gasteiger partial charge in [0, 0.05) is 6.07 Å². The van der Waals surface area contributed by atoms with Crippen LogP contribution in [0.4, 0.5) is 0 Å². The first kappa shape index (κ1) is 8.05. The summed E-state index contributed by atoms with van der Waals surface area (Å²) in [6.45, 7) is 0. The SMILES string of the molecule is O=c1cc2ccc3[nH]cnc3c2c(O)[nH]1. The van der Waals surface area contributed by atoms with Crippen LogP contribution in [-0.2, 0) is 0 Å². The van der Waals surface area contributed by atoms with E-state index < -0.39 is 0 Å². The molecule has 0 aliphatic rings. The van der Waals surface area contributed by atoms with Gasteiger partial charge in [-0.1, -0.05) is 6.07 Å². The lowest BCUT2D eigenvalue weighted by atomic mass is 10.1. The van der Waals surface area contributed by atoms with Crippen molar-refractivity contribution in [3.8, 4) is 5.88 Å². The van der Waals surface area contributed by atoms with Crippen molar-refractivity contribution in [2.75, 3.05) is 0 Å². The van der Waals surface area contributed by atoms with Gasteiger partial charge in [0.2, 0.25) is 5.88 Å². The highest BCUT2D eigenvalue weighted by Crippen LogP contribution is 2.27. The fourth-order valence-corrected chi connectivity index (χ4v) is 1.75. The molecule has 74 valence electrons. The lowest BCUT2D eigenvalue weighted by molar-refractivity contribution is 0.459. The Morgan fingerprint density at radius 3 is 3.07 bits per heavy atom. The summed E-state index contributed by atoms with van der Waals surface area (Å²) >= 11 is 0. The largest absolute Gasteiger partial charge is 0.494 e. The molecule has 2 heterocycles. The molecule has 0 unspecified atom stereocenters. The van der Waals surface area contributed by atoms with E-state index in [9.17, 15) is 9.90 Å². The Morgan fingerprint density at radius 1 is 1.33 bits per heavy atom. The van der Waals surface area contributed by atoms with E-state index in [0.29, 0.717) is 16.3 Å². The Balaban J connectivity index is 2.68. The zero-order valence-electron chi connectivity index (χ0n) is 7.61. The van der Waals surface area contributed by atoms with Crippen molar-refractivity contribution in [2.45, 2.75) is 0 Å². The third kappa shape index (κ3) is 1.03. The first-order valence-electron chi connectivity index (χ1n) is 4.44. The zero-order valence-corrected chi connectivity index (χ0v) is 7.61. The number of fused-ring (bicyclic) bond motifs is 3. The van der Waals surface area contributed by atoms with Crippen LogP contribution in [0.25, 0.3) is 21.8 Å². The molecule has 0 saturated carbocycles. The fourth-order valence-electron chi connectivity index (χ4n) is 1.75. The summed E-state index contributed by atoms with van der Waals surface area (Å²) in [7, 11) is 0. The van der Waals surface area contributed by atoms with E-state index in [-0.39, 0.29) is 11.4 Å². The van der Waals surface area contributed by atoms with Crippen LogP contribution in [0.5, 0.6) is 5.88 Å². The Kier molecular flexibility index (Phi) is 1.39. The number of hydrogen-bond acceptors (Lipinski definition) is 3. The van der Waals surface area contributed by atoms with Crippen molar-refractivity contribution in [2.24, 2.45) is 0 Å². The molecular weight excluding hydrogens is 194 g/mol. The first-order valence-corrected chi connectivity index (χ1v) is 4.44. The van der Waals surface area contributed by atoms with Gasteiger partial charge in [-0.15, -0.1) is 0 Å². The van der Waals surface area contributed by atoms with Gasteiger partial charge in [-0.05, 0) is 11.5 Å². The molecule has 3 aromatic rings. The molecule has 0 fully saturated rings. The number of aromatic hydroxyl groups is 1. The molecule has 0 aliphatic carbocycles. The van der Waals surface area contributed by atoms with Gasteiger partial charge in [-0.25, -0.2) is 4.98 Å². The van der Waals surface area contributed by atoms with Gasteiger partial charge in [0.25, 0.3) is 5.56 Å². The zero-order chi connectivity index (χ0) is 10.4. The minimum absolute atomic E-state index is 0.143. The summed E-state index contributed by atoms with van der Waals surface area (Å²) < 4.78 is 0. The van der Waals surface area contributed by atoms with Crippen molar-refractivity contribution in [1.29, 1.82) is 0 Å². The Bertz CT molecular complexity index is 711. The number of nitrogens with one attached hydrogen (secondary N) is 2. The van der Waals surface area contributed by atoms with Crippen LogP contribution in [0.15, 0.2) is 29.3 Å². The highest BCUT2D eigenvalue weighted by molar-refractivity contribution is 6.06. The first-order chi connectivity index (χ1) is 7.25. The van der Waals surface area contributed by atoms with Gasteiger partial charge < -0.3 is 10.1 Å². The minimum atomic E-state index is -0.324. The van der Waals surface area contributed by atoms with Gasteiger partial charge >= 0.3 is 0 Å². The average Bonchev–Trinajstić information content (AvgIpc) is 2.63. The number of H-pyrrole nitrogens is 2. The predicted octanol–water partition coefficient (Wildman–Crippen LogP) is 1.11. The third-order valence-electron chi connectivity index (χ3n) is 2.39. The third-order valence-corrected chi connectivity index (χ3v) is 2.39. The van der Waals surface area contributed by atoms with Gasteiger partial charge in [0.1, 0.15) is 5.52 Å². The summed E-state index contributed by atoms with van der Waals surface area (Å²) in [4.78, 5) is 20.5. The molecule has 5 heteroatoms. The van der Waals surface area contributed by atoms with Crippen LogP contribution >= 0.6 is 0 Å². The molecule has 0 saturated heterocycles. The summed E-state index contributed by atoms with van der Waals surface area (Å²) in [6.07, 6.45) is 1.55. The van der Waals surface area contributed by atoms with Crippen LogP contribution < -0.4 is 5.56 Å². The Labute approximate surface area is 83.4 Å². The molecule has 1 aromatic carbocycles. The fraction of sp³-hybridized carbons (Fsp3) is 0. The molecule has 0 amide bonds. The van der Waals surface area contributed by atoms with Crippen molar-refractivity contribution < 1.29 is 5.11 Å². The second-order valence-electron chi connectivity index (χ2n) is 3.31. The number of rotatable bonds is 0. The number of aromatic amines is 2. The number of aromatic nitrogens is 3. The number of benzene rings is 1. The maximum absolute atomic E-state index is 11.1. The second-order valence-corrected chi connectivity index (χ2v) is 3.31. The molecular formula is C10H7N3O2. The Hall–Kier alpha value is -2.30. The minimum Gasteiger partial charge on any atom is -0.494 e. The van der Waals surface area contributed by atoms with E-state index in [1.807, 2.05) is 6.07 Å². The average molecular weight is 201 g/mol. The maximum atomic E-state index is 11.1. The van der Waals surface area contributed by atoms with Crippen molar-refractivity contribution in [1.82, 2.24) is 15.0 Å². The van der Waals surface area contributed by atoms with Crippen LogP contribution in [-0.4, -0.2) is 20.1 Å². The number of hydrogen-bond donors (Lipinski definition) is 3. The summed E-state index contributed by atoms with van der Waals surface area (Å²) in [5, 5.41) is 10.9. The van der Waals surface area contributed by atoms with Crippen LogP contribution in [0.3, 0.4) is 0 Å². The Morgan fingerprint density at radius 2 is 2.20 bits per heavy atom. The summed E-state index contributed by atoms with van der Waals surface area (Å²) in [5.41, 5.74) is 1.15. The molecule has 3 N–H and O–H groups in total. The topological polar surface area (TPSA) is 81.8 Å². The quantitative estimate of drug-likeness (QED) is 0.509. The van der Waals surface area contributed by atoms with E-state index in [1.165, 1.54) is 6.07 Å². The van der Waals surface area contributed by atoms with Crippen molar-refractivity contribution in [3.05, 3.63) is 34.9 Å². The van der Waals surface area contributed by atoms with Crippen LogP contribution in [0.2, 0.25) is 0 Å². The molecule has 0 aliphatic heterocycles. The lowest BCUT2D eigenvalue weighted by Gasteiger charge is -2.00. The van der Waals surface area contributed by atoms with E-state index in [2.05, 4.69) is 15.0 Å². The summed E-state index contributed by atoms with van der Waals surface area (Å²) in [5.74, 6) is -0.143. The van der Waals surface area contributed by atoms with Gasteiger partial charge in [-0.3, -0.25) is 9.78 Å². The molecule has 3 rings (SSSR count). The molecule has 0 spiro atoms. The van der Waals surface area contributed by atoms with E-state index in [1.54, 1.807) is 12.4 Å². The van der Waals surface area contributed by atoms with Crippen LogP contribution in [0.1, 0.15) is 0 Å². The van der Waals surface area contributed by atoms with E-state index >= 15 is 0 Å². The number of nitrogens with zero attached hydrogens (tertiary/aromatic N) is 1. The van der Waals surface area contributed by atoms with Crippen molar-refractivity contribution >= 4 is 21.8 Å². The summed E-state index contributed by atoms with van der Waals surface area (Å²) in [6, 6.07) is 5.03.